The molecule has 4 aromatic rings. The molecule has 0 aliphatic carbocycles. The smallest absolute Gasteiger partial charge is 0.139 e. The van der Waals surface area contributed by atoms with Gasteiger partial charge in [-0.1, -0.05) is 37.3 Å². The minimum atomic E-state index is 0.873. The van der Waals surface area contributed by atoms with Crippen LogP contribution in [0.4, 0.5) is 0 Å². The predicted octanol–water partition coefficient (Wildman–Crippen LogP) is 4.80. The van der Waals surface area contributed by atoms with Gasteiger partial charge < -0.3 is 9.97 Å². The molecule has 0 aliphatic rings. The van der Waals surface area contributed by atoms with E-state index in [1.165, 1.54) is 5.56 Å². The number of rotatable bonds is 3. The molecule has 0 aliphatic heterocycles. The van der Waals surface area contributed by atoms with E-state index in [0.29, 0.717) is 0 Å². The minimum absolute atomic E-state index is 0.873. The fourth-order valence-electron chi connectivity index (χ4n) is 3.12. The molecule has 4 heteroatoms. The van der Waals surface area contributed by atoms with Crippen molar-refractivity contribution in [3.63, 3.8) is 0 Å². The molecule has 4 nitrogen and oxygen atoms in total. The van der Waals surface area contributed by atoms with Crippen LogP contribution in [0.5, 0.6) is 0 Å². The molecule has 0 atom stereocenters. The van der Waals surface area contributed by atoms with Crippen molar-refractivity contribution in [3.05, 3.63) is 59.4 Å². The molecule has 0 spiro atoms. The second-order valence-corrected chi connectivity index (χ2v) is 6.16. The second kappa shape index (κ2) is 5.64. The van der Waals surface area contributed by atoms with Crippen molar-refractivity contribution in [3.8, 4) is 22.8 Å². The summed E-state index contributed by atoms with van der Waals surface area (Å²) in [5.74, 6) is 1.77. The van der Waals surface area contributed by atoms with Gasteiger partial charge in [0.25, 0.3) is 0 Å². The first-order valence-corrected chi connectivity index (χ1v) is 8.27. The SMILES string of the molecule is CCc1nc(-c2ccccc2-c2nc3ccc(C)cc3[nH]2)[nH]c1C. The van der Waals surface area contributed by atoms with Crippen LogP contribution in [0.25, 0.3) is 33.8 Å². The van der Waals surface area contributed by atoms with Crippen molar-refractivity contribution >= 4 is 11.0 Å². The minimum Gasteiger partial charge on any atom is -0.342 e. The van der Waals surface area contributed by atoms with Gasteiger partial charge in [-0.2, -0.15) is 0 Å². The van der Waals surface area contributed by atoms with Crippen LogP contribution in [-0.2, 0) is 6.42 Å². The summed E-state index contributed by atoms with van der Waals surface area (Å²) in [6, 6.07) is 14.5. The van der Waals surface area contributed by atoms with Gasteiger partial charge in [-0.25, -0.2) is 9.97 Å². The molecule has 0 saturated heterocycles. The molecule has 2 heterocycles. The second-order valence-electron chi connectivity index (χ2n) is 6.16. The molecule has 4 rings (SSSR count). The molecule has 0 fully saturated rings. The molecule has 120 valence electrons. The van der Waals surface area contributed by atoms with E-state index in [1.54, 1.807) is 0 Å². The fraction of sp³-hybridized carbons (Fsp3) is 0.200. The zero-order valence-electron chi connectivity index (χ0n) is 14.1. The maximum absolute atomic E-state index is 4.76. The van der Waals surface area contributed by atoms with E-state index in [4.69, 9.17) is 9.97 Å². The van der Waals surface area contributed by atoms with E-state index in [1.807, 2.05) is 12.1 Å². The molecule has 24 heavy (non-hydrogen) atoms. The number of nitrogens with zero attached hydrogens (tertiary/aromatic N) is 2. The van der Waals surface area contributed by atoms with Gasteiger partial charge in [0.2, 0.25) is 0 Å². The van der Waals surface area contributed by atoms with Crippen molar-refractivity contribution in [1.82, 2.24) is 19.9 Å². The van der Waals surface area contributed by atoms with Gasteiger partial charge in [0, 0.05) is 16.8 Å². The Morgan fingerprint density at radius 2 is 1.58 bits per heavy atom. The van der Waals surface area contributed by atoms with Gasteiger partial charge >= 0.3 is 0 Å². The largest absolute Gasteiger partial charge is 0.342 e. The number of nitrogens with one attached hydrogen (secondary N) is 2. The van der Waals surface area contributed by atoms with Gasteiger partial charge in [0.15, 0.2) is 0 Å². The Morgan fingerprint density at radius 1 is 0.875 bits per heavy atom. The first-order valence-electron chi connectivity index (χ1n) is 8.27. The highest BCUT2D eigenvalue weighted by Crippen LogP contribution is 2.30. The Morgan fingerprint density at radius 3 is 2.25 bits per heavy atom. The summed E-state index contributed by atoms with van der Waals surface area (Å²) in [6.07, 6.45) is 0.925. The van der Waals surface area contributed by atoms with E-state index < -0.39 is 0 Å². The average molecular weight is 316 g/mol. The molecule has 2 aromatic heterocycles. The lowest BCUT2D eigenvalue weighted by Gasteiger charge is -2.04. The maximum Gasteiger partial charge on any atom is 0.139 e. The molecular weight excluding hydrogens is 296 g/mol. The fourth-order valence-corrected chi connectivity index (χ4v) is 3.12. The van der Waals surface area contributed by atoms with Crippen molar-refractivity contribution in [1.29, 1.82) is 0 Å². The van der Waals surface area contributed by atoms with E-state index >= 15 is 0 Å². The zero-order chi connectivity index (χ0) is 16.7. The number of imidazole rings is 2. The molecule has 0 unspecified atom stereocenters. The number of benzene rings is 2. The molecule has 2 N–H and O–H groups in total. The number of hydrogen-bond donors (Lipinski definition) is 2. The Bertz CT molecular complexity index is 1020. The molecule has 0 bridgehead atoms. The van der Waals surface area contributed by atoms with Gasteiger partial charge in [-0.15, -0.1) is 0 Å². The number of fused-ring (bicyclic) bond motifs is 1. The first kappa shape index (κ1) is 14.7. The number of aromatic nitrogens is 4. The summed E-state index contributed by atoms with van der Waals surface area (Å²) in [7, 11) is 0. The van der Waals surface area contributed by atoms with E-state index in [-0.39, 0.29) is 0 Å². The van der Waals surface area contributed by atoms with Crippen molar-refractivity contribution in [2.24, 2.45) is 0 Å². The van der Waals surface area contributed by atoms with Crippen LogP contribution >= 0.6 is 0 Å². The number of aromatic amines is 2. The molecule has 0 radical (unpaired) electrons. The van der Waals surface area contributed by atoms with E-state index in [2.05, 4.69) is 61.1 Å². The highest BCUT2D eigenvalue weighted by molar-refractivity contribution is 5.84. The van der Waals surface area contributed by atoms with Crippen molar-refractivity contribution in [2.75, 3.05) is 0 Å². The van der Waals surface area contributed by atoms with Crippen LogP contribution in [0, 0.1) is 13.8 Å². The summed E-state index contributed by atoms with van der Waals surface area (Å²) in [4.78, 5) is 16.4. The normalized spacial score (nSPS) is 11.3. The number of aryl methyl sites for hydroxylation is 3. The monoisotopic (exact) mass is 316 g/mol. The summed E-state index contributed by atoms with van der Waals surface area (Å²) < 4.78 is 0. The summed E-state index contributed by atoms with van der Waals surface area (Å²) in [5, 5.41) is 0. The van der Waals surface area contributed by atoms with Gasteiger partial charge in [-0.3, -0.25) is 0 Å². The van der Waals surface area contributed by atoms with Crippen LogP contribution in [0.2, 0.25) is 0 Å². The Kier molecular flexibility index (Phi) is 3.45. The third-order valence-corrected chi connectivity index (χ3v) is 4.40. The lowest BCUT2D eigenvalue weighted by Crippen LogP contribution is -1.89. The zero-order valence-corrected chi connectivity index (χ0v) is 14.1. The van der Waals surface area contributed by atoms with E-state index in [0.717, 1.165) is 51.6 Å². The molecule has 0 saturated carbocycles. The van der Waals surface area contributed by atoms with Crippen LogP contribution in [-0.4, -0.2) is 19.9 Å². The topological polar surface area (TPSA) is 57.4 Å². The summed E-state index contributed by atoms with van der Waals surface area (Å²) in [5.41, 5.74) is 7.63. The van der Waals surface area contributed by atoms with Gasteiger partial charge in [-0.05, 0) is 38.0 Å². The van der Waals surface area contributed by atoms with Crippen molar-refractivity contribution in [2.45, 2.75) is 27.2 Å². The van der Waals surface area contributed by atoms with Crippen LogP contribution in [0.15, 0.2) is 42.5 Å². The molecule has 0 amide bonds. The van der Waals surface area contributed by atoms with Crippen LogP contribution < -0.4 is 0 Å². The van der Waals surface area contributed by atoms with Gasteiger partial charge in [0.1, 0.15) is 11.6 Å². The van der Waals surface area contributed by atoms with E-state index in [9.17, 15) is 0 Å². The maximum atomic E-state index is 4.76. The van der Waals surface area contributed by atoms with Crippen LogP contribution in [0.1, 0.15) is 23.9 Å². The highest BCUT2D eigenvalue weighted by atomic mass is 14.9. The lowest BCUT2D eigenvalue weighted by molar-refractivity contribution is 1.04. The summed E-state index contributed by atoms with van der Waals surface area (Å²) in [6.45, 7) is 6.29. The number of H-pyrrole nitrogens is 2. The third kappa shape index (κ3) is 2.40. The van der Waals surface area contributed by atoms with Gasteiger partial charge in [0.05, 0.1) is 16.7 Å². The standard InChI is InChI=1S/C20H20N4/c1-4-16-13(3)21-19(22-16)14-7-5-6-8-15(14)20-23-17-10-9-12(2)11-18(17)24-20/h5-11H,4H2,1-3H3,(H,21,22)(H,23,24). The third-order valence-electron chi connectivity index (χ3n) is 4.40. The van der Waals surface area contributed by atoms with Crippen LogP contribution in [0.3, 0.4) is 0 Å². The number of hydrogen-bond acceptors (Lipinski definition) is 2. The average Bonchev–Trinajstić information content (AvgIpc) is 3.17. The predicted molar refractivity (Wildman–Crippen MR) is 98.0 cm³/mol. The first-order chi connectivity index (χ1) is 11.7. The van der Waals surface area contributed by atoms with Crippen molar-refractivity contribution < 1.29 is 0 Å². The summed E-state index contributed by atoms with van der Waals surface area (Å²) >= 11 is 0. The quantitative estimate of drug-likeness (QED) is 0.570. The Balaban J connectivity index is 1.88. The lowest BCUT2D eigenvalue weighted by atomic mass is 10.1. The highest BCUT2D eigenvalue weighted by Gasteiger charge is 2.14. The molecule has 2 aromatic carbocycles. The Hall–Kier alpha value is -2.88. The Labute approximate surface area is 141 Å². The molecular formula is C20H20N4.